The van der Waals surface area contributed by atoms with Gasteiger partial charge in [0.05, 0.1) is 21.8 Å². The topological polar surface area (TPSA) is 100 Å². The van der Waals surface area contributed by atoms with E-state index < -0.39 is 15.4 Å². The maximum absolute atomic E-state index is 13.2. The lowest BCUT2D eigenvalue weighted by Gasteiger charge is -2.39. The van der Waals surface area contributed by atoms with Crippen LogP contribution in [0.15, 0.2) is 53.7 Å². The van der Waals surface area contributed by atoms with Gasteiger partial charge in [0, 0.05) is 29.7 Å². The van der Waals surface area contributed by atoms with Gasteiger partial charge in [-0.3, -0.25) is 4.79 Å². The third kappa shape index (κ3) is 5.13. The summed E-state index contributed by atoms with van der Waals surface area (Å²) in [7, 11) is -3.65. The van der Waals surface area contributed by atoms with Gasteiger partial charge in [-0.2, -0.15) is 0 Å². The first kappa shape index (κ1) is 24.3. The highest BCUT2D eigenvalue weighted by molar-refractivity contribution is 7.90. The minimum atomic E-state index is -3.65. The van der Waals surface area contributed by atoms with Crippen LogP contribution in [0.5, 0.6) is 0 Å². The van der Waals surface area contributed by atoms with Gasteiger partial charge in [0.1, 0.15) is 6.33 Å². The minimum Gasteiger partial charge on any atom is -0.390 e. The molecule has 180 valence electrons. The second-order valence-electron chi connectivity index (χ2n) is 9.68. The van der Waals surface area contributed by atoms with Crippen molar-refractivity contribution < 1.29 is 18.3 Å². The number of aliphatic hydroxyl groups is 1. The minimum absolute atomic E-state index is 0.0952. The Balaban J connectivity index is 1.46. The van der Waals surface area contributed by atoms with Crippen molar-refractivity contribution in [3.05, 3.63) is 65.6 Å². The maximum atomic E-state index is 13.2. The molecule has 7 nitrogen and oxygen atoms in total. The zero-order chi connectivity index (χ0) is 24.5. The van der Waals surface area contributed by atoms with Crippen LogP contribution in [0, 0.1) is 12.8 Å². The van der Waals surface area contributed by atoms with Crippen molar-refractivity contribution in [1.82, 2.24) is 14.9 Å². The van der Waals surface area contributed by atoms with Crippen molar-refractivity contribution in [2.24, 2.45) is 5.92 Å². The number of amides is 1. The fourth-order valence-corrected chi connectivity index (χ4v) is 6.28. The number of hydrogen-bond donors (Lipinski definition) is 1. The fourth-order valence-electron chi connectivity index (χ4n) is 4.75. The van der Waals surface area contributed by atoms with Gasteiger partial charge >= 0.3 is 0 Å². The first-order valence-electron chi connectivity index (χ1n) is 11.6. The predicted molar refractivity (Wildman–Crippen MR) is 131 cm³/mol. The van der Waals surface area contributed by atoms with Gasteiger partial charge in [0.25, 0.3) is 5.91 Å². The van der Waals surface area contributed by atoms with E-state index in [1.807, 2.05) is 13.0 Å². The molecule has 2 aromatic carbocycles. The van der Waals surface area contributed by atoms with Gasteiger partial charge in [0.2, 0.25) is 0 Å². The molecular formula is C26H31N3O4S. The lowest BCUT2D eigenvalue weighted by Crippen LogP contribution is -2.47. The molecule has 0 radical (unpaired) electrons. The average Bonchev–Trinajstić information content (AvgIpc) is 2.78. The number of hydrogen-bond acceptors (Lipinski definition) is 6. The molecule has 0 bridgehead atoms. The van der Waals surface area contributed by atoms with Crippen molar-refractivity contribution in [2.75, 3.05) is 13.1 Å². The molecular weight excluding hydrogens is 450 g/mol. The summed E-state index contributed by atoms with van der Waals surface area (Å²) in [5.74, 6) is 0.124. The first-order chi connectivity index (χ1) is 16.1. The summed E-state index contributed by atoms with van der Waals surface area (Å²) >= 11 is 0. The average molecular weight is 482 g/mol. The number of rotatable bonds is 6. The van der Waals surface area contributed by atoms with E-state index in [0.717, 1.165) is 12.1 Å². The van der Waals surface area contributed by atoms with E-state index in [1.54, 1.807) is 41.3 Å². The number of benzene rings is 2. The quantitative estimate of drug-likeness (QED) is 0.573. The second-order valence-corrected chi connectivity index (χ2v) is 11.6. The highest BCUT2D eigenvalue weighted by Crippen LogP contribution is 2.30. The van der Waals surface area contributed by atoms with Crippen LogP contribution in [0.1, 0.15) is 54.7 Å². The molecule has 0 saturated carbocycles. The molecule has 8 heteroatoms. The summed E-state index contributed by atoms with van der Waals surface area (Å²) in [4.78, 5) is 23.2. The van der Waals surface area contributed by atoms with Gasteiger partial charge in [0.15, 0.2) is 9.84 Å². The molecule has 1 aromatic heterocycles. The number of likely N-dealkylation sites (tertiary alicyclic amines) is 1. The van der Waals surface area contributed by atoms with Crippen molar-refractivity contribution in [3.63, 3.8) is 0 Å². The van der Waals surface area contributed by atoms with E-state index in [1.165, 1.54) is 6.33 Å². The van der Waals surface area contributed by atoms with E-state index in [4.69, 9.17) is 0 Å². The zero-order valence-electron chi connectivity index (χ0n) is 19.9. The maximum Gasteiger partial charge on any atom is 0.253 e. The van der Waals surface area contributed by atoms with E-state index in [0.29, 0.717) is 53.9 Å². The molecule has 1 aliphatic rings. The fraction of sp³-hybridized carbons (Fsp3) is 0.423. The number of nitrogens with zero attached hydrogens (tertiary/aromatic N) is 3. The zero-order valence-corrected chi connectivity index (χ0v) is 20.7. The van der Waals surface area contributed by atoms with Gasteiger partial charge in [-0.15, -0.1) is 0 Å². The van der Waals surface area contributed by atoms with E-state index in [-0.39, 0.29) is 16.6 Å². The highest BCUT2D eigenvalue weighted by atomic mass is 32.2. The summed E-state index contributed by atoms with van der Waals surface area (Å²) < 4.78 is 26.3. The molecule has 1 aliphatic heterocycles. The first-order valence-corrected chi connectivity index (χ1v) is 13.3. The molecule has 0 unspecified atom stereocenters. The Hall–Kier alpha value is -2.84. The molecule has 0 spiro atoms. The number of carbonyl (C=O) groups excluding carboxylic acids is 1. The Bertz CT molecular complexity index is 1300. The van der Waals surface area contributed by atoms with Crippen LogP contribution in [-0.2, 0) is 15.6 Å². The Morgan fingerprint density at radius 2 is 1.76 bits per heavy atom. The second kappa shape index (κ2) is 9.43. The largest absolute Gasteiger partial charge is 0.390 e. The normalized spacial score (nSPS) is 16.2. The number of para-hydroxylation sites is 1. The highest BCUT2D eigenvalue weighted by Gasteiger charge is 2.34. The van der Waals surface area contributed by atoms with Crippen LogP contribution in [-0.4, -0.2) is 53.0 Å². The van der Waals surface area contributed by atoms with Crippen molar-refractivity contribution >= 4 is 26.6 Å². The van der Waals surface area contributed by atoms with Gasteiger partial charge in [-0.25, -0.2) is 18.4 Å². The summed E-state index contributed by atoms with van der Waals surface area (Å²) in [6.07, 6.45) is 3.25. The lowest BCUT2D eigenvalue weighted by atomic mass is 9.84. The predicted octanol–water partition coefficient (Wildman–Crippen LogP) is 3.93. The number of aromatic nitrogens is 2. The molecule has 4 rings (SSSR count). The van der Waals surface area contributed by atoms with Crippen molar-refractivity contribution in [3.8, 4) is 0 Å². The standard InChI is InChI=1S/C26H31N3O4S/c1-18(2)15-26(31)11-13-29(14-12-26)25(30)21-9-7-20(8-10-21)16-34(32,33)23-6-4-5-22-19(3)27-17-28-24(22)23/h4-10,17-18,31H,11-16H2,1-3H3. The molecule has 1 saturated heterocycles. The molecule has 1 amide bonds. The molecule has 0 aliphatic carbocycles. The smallest absolute Gasteiger partial charge is 0.253 e. The third-order valence-corrected chi connectivity index (χ3v) is 8.20. The monoisotopic (exact) mass is 481 g/mol. The number of carbonyl (C=O) groups is 1. The van der Waals surface area contributed by atoms with E-state index >= 15 is 0 Å². The molecule has 2 heterocycles. The number of fused-ring (bicyclic) bond motifs is 1. The van der Waals surface area contributed by atoms with Crippen LogP contribution in [0.25, 0.3) is 10.9 Å². The third-order valence-electron chi connectivity index (χ3n) is 6.49. The molecule has 34 heavy (non-hydrogen) atoms. The van der Waals surface area contributed by atoms with Crippen LogP contribution < -0.4 is 0 Å². The molecule has 1 fully saturated rings. The summed E-state index contributed by atoms with van der Waals surface area (Å²) in [6, 6.07) is 11.8. The van der Waals surface area contributed by atoms with Gasteiger partial charge in [-0.05, 0) is 55.9 Å². The summed E-state index contributed by atoms with van der Waals surface area (Å²) in [6.45, 7) is 7.03. The Labute approximate surface area is 200 Å². The Morgan fingerprint density at radius 3 is 2.41 bits per heavy atom. The Morgan fingerprint density at radius 1 is 1.09 bits per heavy atom. The van der Waals surface area contributed by atoms with Crippen LogP contribution >= 0.6 is 0 Å². The van der Waals surface area contributed by atoms with Crippen LogP contribution in [0.2, 0.25) is 0 Å². The Kier molecular flexibility index (Phi) is 6.73. The SMILES string of the molecule is Cc1ncnc2c(S(=O)(=O)Cc3ccc(C(=O)N4CCC(O)(CC(C)C)CC4)cc3)cccc12. The summed E-state index contributed by atoms with van der Waals surface area (Å²) in [5, 5.41) is 11.4. The molecule has 1 N–H and O–H groups in total. The molecule has 3 aromatic rings. The number of aryl methyl sites for hydroxylation is 1. The van der Waals surface area contributed by atoms with Gasteiger partial charge in [-0.1, -0.05) is 38.1 Å². The van der Waals surface area contributed by atoms with Crippen molar-refractivity contribution in [2.45, 2.75) is 56.3 Å². The van der Waals surface area contributed by atoms with Gasteiger partial charge < -0.3 is 10.0 Å². The van der Waals surface area contributed by atoms with E-state index in [9.17, 15) is 18.3 Å². The lowest BCUT2D eigenvalue weighted by molar-refractivity contribution is -0.0311. The van der Waals surface area contributed by atoms with Crippen molar-refractivity contribution in [1.29, 1.82) is 0 Å². The number of sulfone groups is 1. The summed E-state index contributed by atoms with van der Waals surface area (Å²) in [5.41, 5.74) is 1.57. The van der Waals surface area contributed by atoms with Crippen LogP contribution in [0.3, 0.4) is 0 Å². The number of piperidine rings is 1. The van der Waals surface area contributed by atoms with Crippen LogP contribution in [0.4, 0.5) is 0 Å². The van der Waals surface area contributed by atoms with E-state index in [2.05, 4.69) is 23.8 Å². The molecule has 0 atom stereocenters.